The van der Waals surface area contributed by atoms with E-state index in [1.807, 2.05) is 23.1 Å². The van der Waals surface area contributed by atoms with Crippen LogP contribution in [0, 0.1) is 0 Å². The number of nitrogens with zero attached hydrogens (tertiary/aromatic N) is 4. The summed E-state index contributed by atoms with van der Waals surface area (Å²) < 4.78 is 5.78. The zero-order valence-corrected chi connectivity index (χ0v) is 13.9. The lowest BCUT2D eigenvalue weighted by atomic mass is 10.2. The molecule has 0 unspecified atom stereocenters. The van der Waals surface area contributed by atoms with Gasteiger partial charge < -0.3 is 14.2 Å². The Morgan fingerprint density at radius 2 is 1.88 bits per heavy atom. The first kappa shape index (κ1) is 15.4. The van der Waals surface area contributed by atoms with Crippen LogP contribution < -0.4 is 0 Å². The minimum Gasteiger partial charge on any atom is -0.436 e. The van der Waals surface area contributed by atoms with Crippen LogP contribution in [0.15, 0.2) is 34.7 Å². The zero-order valence-electron chi connectivity index (χ0n) is 13.9. The molecule has 0 atom stereocenters. The van der Waals surface area contributed by atoms with Crippen molar-refractivity contribution in [1.29, 1.82) is 0 Å². The van der Waals surface area contributed by atoms with Gasteiger partial charge in [-0.2, -0.15) is 0 Å². The largest absolute Gasteiger partial charge is 0.436 e. The number of hydrogen-bond donors (Lipinski definition) is 0. The average molecular weight is 326 g/mol. The number of rotatable bonds is 3. The molecule has 1 aromatic heterocycles. The molecule has 4 rings (SSSR count). The van der Waals surface area contributed by atoms with Crippen LogP contribution in [0.1, 0.15) is 27.7 Å². The number of fused-ring (bicyclic) bond motifs is 1. The second-order valence-electron chi connectivity index (χ2n) is 6.62. The van der Waals surface area contributed by atoms with Crippen LogP contribution >= 0.6 is 0 Å². The number of oxazole rings is 1. The molecule has 6 heteroatoms. The molecule has 6 nitrogen and oxygen atoms in total. The Morgan fingerprint density at radius 3 is 2.58 bits per heavy atom. The summed E-state index contributed by atoms with van der Waals surface area (Å²) in [4.78, 5) is 23.3. The van der Waals surface area contributed by atoms with E-state index in [4.69, 9.17) is 4.42 Å². The summed E-state index contributed by atoms with van der Waals surface area (Å²) in [6, 6.07) is 10.4. The molecule has 0 aliphatic carbocycles. The first-order chi connectivity index (χ1) is 11.7. The van der Waals surface area contributed by atoms with Gasteiger partial charge in [-0.15, -0.1) is 0 Å². The van der Waals surface area contributed by atoms with E-state index in [0.29, 0.717) is 6.54 Å². The van der Waals surface area contributed by atoms with Crippen molar-refractivity contribution in [1.82, 2.24) is 19.7 Å². The minimum absolute atomic E-state index is 0.0768. The Balaban J connectivity index is 1.39. The van der Waals surface area contributed by atoms with Gasteiger partial charge in [-0.25, -0.2) is 4.98 Å². The topological polar surface area (TPSA) is 52.8 Å². The Labute approximate surface area is 141 Å². The Kier molecular flexibility index (Phi) is 4.08. The van der Waals surface area contributed by atoms with E-state index in [2.05, 4.69) is 34.0 Å². The van der Waals surface area contributed by atoms with E-state index in [1.54, 1.807) is 0 Å². The van der Waals surface area contributed by atoms with Gasteiger partial charge in [0.25, 0.3) is 5.89 Å². The minimum atomic E-state index is -0.0768. The predicted octanol–water partition coefficient (Wildman–Crippen LogP) is 1.58. The van der Waals surface area contributed by atoms with Gasteiger partial charge in [-0.3, -0.25) is 9.69 Å². The summed E-state index contributed by atoms with van der Waals surface area (Å²) in [6.45, 7) is 5.60. The van der Waals surface area contributed by atoms with Gasteiger partial charge in [0.15, 0.2) is 0 Å². The van der Waals surface area contributed by atoms with Crippen LogP contribution in [0.2, 0.25) is 0 Å². The van der Waals surface area contributed by atoms with Gasteiger partial charge in [0.2, 0.25) is 0 Å². The number of benzene rings is 1. The Hall–Kier alpha value is -2.18. The van der Waals surface area contributed by atoms with Crippen molar-refractivity contribution in [2.24, 2.45) is 0 Å². The van der Waals surface area contributed by atoms with Gasteiger partial charge in [0.1, 0.15) is 5.76 Å². The van der Waals surface area contributed by atoms with Crippen LogP contribution in [0.5, 0.6) is 0 Å². The van der Waals surface area contributed by atoms with E-state index < -0.39 is 0 Å². The Morgan fingerprint density at radius 1 is 1.12 bits per heavy atom. The third-order valence-corrected chi connectivity index (χ3v) is 4.74. The van der Waals surface area contributed by atoms with Crippen molar-refractivity contribution in [2.45, 2.75) is 19.6 Å². The number of carbonyl (C=O) groups is 1. The van der Waals surface area contributed by atoms with Crippen molar-refractivity contribution in [3.63, 3.8) is 0 Å². The standard InChI is InChI=1S/C18H22N4O2/c1-20-7-9-22(10-8-20)18(23)17-19-15-12-21(13-16(15)24-17)11-14-5-3-2-4-6-14/h2-6H,7-13H2,1H3. The molecule has 1 saturated heterocycles. The molecule has 2 aliphatic heterocycles. The highest BCUT2D eigenvalue weighted by atomic mass is 16.4. The van der Waals surface area contributed by atoms with Crippen molar-refractivity contribution >= 4 is 5.91 Å². The van der Waals surface area contributed by atoms with Gasteiger partial charge in [0.05, 0.1) is 12.2 Å². The number of piperazine rings is 1. The smallest absolute Gasteiger partial charge is 0.309 e. The SMILES string of the molecule is CN1CCN(C(=O)c2nc3c(o2)CN(Cc2ccccc2)C3)CC1. The number of carbonyl (C=O) groups excluding carboxylic acids is 1. The fourth-order valence-corrected chi connectivity index (χ4v) is 3.29. The first-order valence-corrected chi connectivity index (χ1v) is 8.42. The molecule has 126 valence electrons. The van der Waals surface area contributed by atoms with Crippen LogP contribution in [-0.2, 0) is 19.6 Å². The van der Waals surface area contributed by atoms with Gasteiger partial charge in [-0.05, 0) is 12.6 Å². The molecule has 1 fully saturated rings. The van der Waals surface area contributed by atoms with E-state index in [0.717, 1.165) is 50.7 Å². The molecule has 0 radical (unpaired) electrons. The number of hydrogen-bond acceptors (Lipinski definition) is 5. The monoisotopic (exact) mass is 326 g/mol. The first-order valence-electron chi connectivity index (χ1n) is 8.42. The van der Waals surface area contributed by atoms with Gasteiger partial charge >= 0.3 is 5.91 Å². The van der Waals surface area contributed by atoms with Gasteiger partial charge in [-0.1, -0.05) is 30.3 Å². The van der Waals surface area contributed by atoms with Gasteiger partial charge in [0, 0.05) is 39.3 Å². The highest BCUT2D eigenvalue weighted by molar-refractivity contribution is 5.89. The summed E-state index contributed by atoms with van der Waals surface area (Å²) in [5, 5.41) is 0. The lowest BCUT2D eigenvalue weighted by Crippen LogP contribution is -2.47. The maximum atomic E-state index is 12.5. The molecule has 0 N–H and O–H groups in total. The van der Waals surface area contributed by atoms with E-state index >= 15 is 0 Å². The molecule has 2 aliphatic rings. The normalized spacial score (nSPS) is 18.8. The predicted molar refractivity (Wildman–Crippen MR) is 89.3 cm³/mol. The summed E-state index contributed by atoms with van der Waals surface area (Å²) in [7, 11) is 2.07. The molecule has 0 bridgehead atoms. The van der Waals surface area contributed by atoms with E-state index in [9.17, 15) is 4.79 Å². The molecule has 0 saturated carbocycles. The number of aromatic nitrogens is 1. The second-order valence-corrected chi connectivity index (χ2v) is 6.62. The van der Waals surface area contributed by atoms with Crippen LogP contribution in [0.4, 0.5) is 0 Å². The van der Waals surface area contributed by atoms with Crippen molar-refractivity contribution in [2.75, 3.05) is 33.2 Å². The molecule has 3 heterocycles. The van der Waals surface area contributed by atoms with Crippen molar-refractivity contribution in [3.8, 4) is 0 Å². The lowest BCUT2D eigenvalue weighted by Gasteiger charge is -2.31. The average Bonchev–Trinajstić information content (AvgIpc) is 3.14. The summed E-state index contributed by atoms with van der Waals surface area (Å²) in [5.74, 6) is 1.01. The highest BCUT2D eigenvalue weighted by Gasteiger charge is 2.30. The van der Waals surface area contributed by atoms with E-state index in [-0.39, 0.29) is 11.8 Å². The molecule has 24 heavy (non-hydrogen) atoms. The van der Waals surface area contributed by atoms with Crippen molar-refractivity contribution in [3.05, 3.63) is 53.2 Å². The third kappa shape index (κ3) is 3.07. The third-order valence-electron chi connectivity index (χ3n) is 4.74. The summed E-state index contributed by atoms with van der Waals surface area (Å²) >= 11 is 0. The molecule has 1 amide bonds. The highest BCUT2D eigenvalue weighted by Crippen LogP contribution is 2.25. The van der Waals surface area contributed by atoms with E-state index in [1.165, 1.54) is 5.56 Å². The molecule has 1 aromatic carbocycles. The maximum Gasteiger partial charge on any atom is 0.309 e. The summed E-state index contributed by atoms with van der Waals surface area (Å²) in [5.41, 5.74) is 2.18. The number of amides is 1. The zero-order chi connectivity index (χ0) is 16.5. The molecule has 0 spiro atoms. The number of likely N-dealkylation sites (N-methyl/N-ethyl adjacent to an activating group) is 1. The van der Waals surface area contributed by atoms with Crippen LogP contribution in [0.3, 0.4) is 0 Å². The fourth-order valence-electron chi connectivity index (χ4n) is 3.29. The quantitative estimate of drug-likeness (QED) is 0.857. The van der Waals surface area contributed by atoms with Crippen molar-refractivity contribution < 1.29 is 9.21 Å². The second kappa shape index (κ2) is 6.37. The van der Waals surface area contributed by atoms with Crippen LogP contribution in [0.25, 0.3) is 0 Å². The molecule has 2 aromatic rings. The Bertz CT molecular complexity index is 696. The fraction of sp³-hybridized carbons (Fsp3) is 0.444. The molecular weight excluding hydrogens is 304 g/mol. The maximum absolute atomic E-state index is 12.5. The summed E-state index contributed by atoms with van der Waals surface area (Å²) in [6.07, 6.45) is 0. The van der Waals surface area contributed by atoms with Crippen LogP contribution in [-0.4, -0.2) is 58.8 Å². The lowest BCUT2D eigenvalue weighted by molar-refractivity contribution is 0.0620. The molecular formula is C18H22N4O2.